The number of phenols is 3. The highest BCUT2D eigenvalue weighted by Crippen LogP contribution is 2.48. The zero-order chi connectivity index (χ0) is 22.7. The Morgan fingerprint density at radius 1 is 0.833 bits per heavy atom. The van der Waals surface area contributed by atoms with E-state index in [-0.39, 0.29) is 0 Å². The van der Waals surface area contributed by atoms with Crippen molar-refractivity contribution in [1.29, 1.82) is 0 Å². The Kier molecular flexibility index (Phi) is 4.50. The summed E-state index contributed by atoms with van der Waals surface area (Å²) in [5.41, 5.74) is -4.04. The van der Waals surface area contributed by atoms with Crippen molar-refractivity contribution in [3.8, 4) is 17.2 Å². The van der Waals surface area contributed by atoms with Gasteiger partial charge < -0.3 is 25.5 Å². The van der Waals surface area contributed by atoms with Gasteiger partial charge in [-0.25, -0.2) is 4.79 Å². The molecule has 0 radical (unpaired) electrons. The number of carboxylic acids is 2. The second kappa shape index (κ2) is 6.62. The SMILES string of the molecule is O=C1CC(=O)C(C(=O)O)C(=O)C1=C1C(=O)C(c2c(O)cc(O)c(C(=O)O)c2O)C1=O. The van der Waals surface area contributed by atoms with E-state index in [1.165, 1.54) is 0 Å². The number of rotatable bonds is 3. The van der Waals surface area contributed by atoms with Gasteiger partial charge in [0, 0.05) is 6.07 Å². The highest BCUT2D eigenvalue weighted by atomic mass is 16.4. The number of Topliss-reactive ketones (excluding diaryl/α,β-unsaturated/α-hetero) is 5. The number of carbonyl (C=O) groups is 7. The zero-order valence-electron chi connectivity index (χ0n) is 14.5. The van der Waals surface area contributed by atoms with Crippen molar-refractivity contribution in [2.75, 3.05) is 0 Å². The van der Waals surface area contributed by atoms with Gasteiger partial charge in [0.05, 0.1) is 23.1 Å². The molecule has 30 heavy (non-hydrogen) atoms. The Labute approximate surface area is 164 Å². The predicted octanol–water partition coefficient (Wildman–Crippen LogP) is -1.15. The number of ketones is 5. The smallest absolute Gasteiger partial charge is 0.343 e. The maximum absolute atomic E-state index is 12.5. The molecule has 2 fully saturated rings. The maximum atomic E-state index is 12.5. The van der Waals surface area contributed by atoms with Crippen LogP contribution >= 0.6 is 0 Å². The van der Waals surface area contributed by atoms with Crippen molar-refractivity contribution >= 4 is 40.9 Å². The van der Waals surface area contributed by atoms with E-state index < -0.39 is 98.6 Å². The van der Waals surface area contributed by atoms with Gasteiger partial charge in [-0.3, -0.25) is 28.8 Å². The minimum atomic E-state index is -2.26. The van der Waals surface area contributed by atoms with E-state index in [1.807, 2.05) is 0 Å². The van der Waals surface area contributed by atoms with E-state index in [4.69, 9.17) is 10.2 Å². The third-order valence-corrected chi connectivity index (χ3v) is 4.76. The van der Waals surface area contributed by atoms with Gasteiger partial charge >= 0.3 is 11.9 Å². The van der Waals surface area contributed by atoms with Crippen LogP contribution in [0.1, 0.15) is 28.3 Å². The van der Waals surface area contributed by atoms with Crippen LogP contribution in [-0.2, 0) is 28.8 Å². The number of phenolic OH excluding ortho intramolecular Hbond substituents is 1. The minimum absolute atomic E-state index is 0.472. The Morgan fingerprint density at radius 2 is 1.40 bits per heavy atom. The lowest BCUT2D eigenvalue weighted by atomic mass is 9.67. The van der Waals surface area contributed by atoms with Crippen molar-refractivity contribution in [2.45, 2.75) is 12.3 Å². The fourth-order valence-electron chi connectivity index (χ4n) is 3.40. The van der Waals surface area contributed by atoms with E-state index in [1.54, 1.807) is 0 Å². The molecule has 1 aromatic carbocycles. The lowest BCUT2D eigenvalue weighted by Crippen LogP contribution is -2.47. The quantitative estimate of drug-likeness (QED) is 0.223. The van der Waals surface area contributed by atoms with E-state index >= 15 is 0 Å². The summed E-state index contributed by atoms with van der Waals surface area (Å²) in [6.07, 6.45) is -1.02. The average Bonchev–Trinajstić information content (AvgIpc) is 2.60. The van der Waals surface area contributed by atoms with Crippen molar-refractivity contribution in [3.05, 3.63) is 28.3 Å². The number of carbonyl (C=O) groups excluding carboxylic acids is 5. The van der Waals surface area contributed by atoms with E-state index in [0.717, 1.165) is 0 Å². The largest absolute Gasteiger partial charge is 0.507 e. The lowest BCUT2D eigenvalue weighted by molar-refractivity contribution is -0.151. The van der Waals surface area contributed by atoms with E-state index in [9.17, 15) is 48.9 Å². The van der Waals surface area contributed by atoms with Crippen LogP contribution in [0.2, 0.25) is 0 Å². The molecular weight excluding hydrogens is 408 g/mol. The minimum Gasteiger partial charge on any atom is -0.507 e. The van der Waals surface area contributed by atoms with Crippen molar-refractivity contribution in [1.82, 2.24) is 0 Å². The monoisotopic (exact) mass is 418 g/mol. The topological polar surface area (TPSA) is 221 Å². The molecule has 12 nitrogen and oxygen atoms in total. The van der Waals surface area contributed by atoms with Gasteiger partial charge in [-0.2, -0.15) is 0 Å². The molecule has 2 aliphatic rings. The molecule has 5 N–H and O–H groups in total. The third kappa shape index (κ3) is 2.65. The molecule has 1 atom stereocenters. The van der Waals surface area contributed by atoms with Crippen LogP contribution in [-0.4, -0.2) is 66.4 Å². The zero-order valence-corrected chi connectivity index (χ0v) is 14.5. The summed E-state index contributed by atoms with van der Waals surface area (Å²) in [6.45, 7) is 0. The van der Waals surface area contributed by atoms with Crippen LogP contribution in [0.5, 0.6) is 17.2 Å². The first kappa shape index (κ1) is 20.4. The van der Waals surface area contributed by atoms with E-state index in [2.05, 4.69) is 0 Å². The molecule has 0 aromatic heterocycles. The normalized spacial score (nSPS) is 21.7. The first-order valence-electron chi connectivity index (χ1n) is 8.06. The fourth-order valence-corrected chi connectivity index (χ4v) is 3.40. The van der Waals surface area contributed by atoms with Gasteiger partial charge in [0.15, 0.2) is 34.8 Å². The van der Waals surface area contributed by atoms with Crippen LogP contribution in [0.25, 0.3) is 0 Å². The van der Waals surface area contributed by atoms with Gasteiger partial charge in [-0.05, 0) is 0 Å². The summed E-state index contributed by atoms with van der Waals surface area (Å²) in [7, 11) is 0. The second-order valence-electron chi connectivity index (χ2n) is 6.47. The number of hydrogen-bond donors (Lipinski definition) is 5. The number of benzene rings is 1. The number of aromatic hydroxyl groups is 3. The molecule has 0 amide bonds. The Bertz CT molecular complexity index is 1130. The van der Waals surface area contributed by atoms with Crippen LogP contribution in [0.4, 0.5) is 0 Å². The number of carboxylic acid groups (broad SMARTS) is 2. The first-order valence-corrected chi connectivity index (χ1v) is 8.06. The first-order chi connectivity index (χ1) is 13.9. The van der Waals surface area contributed by atoms with Crippen molar-refractivity contribution in [3.63, 3.8) is 0 Å². The summed E-state index contributed by atoms with van der Waals surface area (Å²) >= 11 is 0. The Hall–Kier alpha value is -4.35. The Balaban J connectivity index is 2.13. The molecule has 0 heterocycles. The molecule has 2 aliphatic carbocycles. The lowest BCUT2D eigenvalue weighted by Gasteiger charge is -2.30. The average molecular weight is 418 g/mol. The van der Waals surface area contributed by atoms with Crippen LogP contribution in [0.15, 0.2) is 17.2 Å². The summed E-state index contributed by atoms with van der Waals surface area (Å²) in [5.74, 6) is -17.9. The molecule has 12 heteroatoms. The van der Waals surface area contributed by atoms with Crippen molar-refractivity contribution < 1.29 is 59.1 Å². The van der Waals surface area contributed by atoms with Crippen molar-refractivity contribution in [2.24, 2.45) is 5.92 Å². The summed E-state index contributed by atoms with van der Waals surface area (Å²) in [4.78, 5) is 83.4. The molecular formula is C18H10O12. The summed E-state index contributed by atoms with van der Waals surface area (Å²) in [5, 5.41) is 47.6. The standard InChI is InChI=1S/C18H10O12/c19-3-1-5(21)9(17(27)28)13(23)7(3)11-15(25)12(16(11)26)8-4(20)2-6(22)10(14(8)24)18(29)30/h1,10-11,19,21,23H,2H2,(H,27,28)(H,29,30). The Morgan fingerprint density at radius 3 is 1.90 bits per heavy atom. The van der Waals surface area contributed by atoms with Crippen LogP contribution in [0.3, 0.4) is 0 Å². The molecule has 2 saturated carbocycles. The second-order valence-corrected chi connectivity index (χ2v) is 6.47. The summed E-state index contributed by atoms with van der Waals surface area (Å²) < 4.78 is 0. The van der Waals surface area contributed by atoms with Gasteiger partial charge in [0.1, 0.15) is 28.7 Å². The molecule has 0 bridgehead atoms. The maximum Gasteiger partial charge on any atom is 0.343 e. The van der Waals surface area contributed by atoms with Gasteiger partial charge in [0.25, 0.3) is 0 Å². The highest BCUT2D eigenvalue weighted by molar-refractivity contribution is 6.50. The third-order valence-electron chi connectivity index (χ3n) is 4.76. The van der Waals surface area contributed by atoms with Gasteiger partial charge in [0.2, 0.25) is 0 Å². The van der Waals surface area contributed by atoms with Crippen LogP contribution < -0.4 is 0 Å². The predicted molar refractivity (Wildman–Crippen MR) is 88.9 cm³/mol. The highest BCUT2D eigenvalue weighted by Gasteiger charge is 2.54. The number of aliphatic carboxylic acids is 1. The fraction of sp³-hybridized carbons (Fsp3) is 0.167. The molecule has 0 spiro atoms. The van der Waals surface area contributed by atoms with E-state index in [0.29, 0.717) is 6.07 Å². The molecule has 154 valence electrons. The number of aromatic carboxylic acids is 1. The molecule has 3 rings (SSSR count). The van der Waals surface area contributed by atoms with Crippen LogP contribution in [0, 0.1) is 5.92 Å². The van der Waals surface area contributed by atoms with Gasteiger partial charge in [-0.1, -0.05) is 0 Å². The summed E-state index contributed by atoms with van der Waals surface area (Å²) in [6, 6.07) is 0.472. The molecule has 1 unspecified atom stereocenters. The molecule has 1 aromatic rings. The molecule has 0 saturated heterocycles. The number of hydrogen-bond acceptors (Lipinski definition) is 10. The van der Waals surface area contributed by atoms with Gasteiger partial charge in [-0.15, -0.1) is 0 Å². The molecule has 0 aliphatic heterocycles. The number of allylic oxidation sites excluding steroid dienone is 2.